The third-order valence-corrected chi connectivity index (χ3v) is 4.67. The van der Waals surface area contributed by atoms with Crippen LogP contribution in [0.1, 0.15) is 15.9 Å². The van der Waals surface area contributed by atoms with E-state index in [1.54, 1.807) is 30.3 Å². The average molecular weight is 384 g/mol. The molecule has 0 aromatic heterocycles. The molecule has 1 aliphatic rings. The number of nitrogens with zero attached hydrogens (tertiary/aromatic N) is 2. The molecule has 27 heavy (non-hydrogen) atoms. The minimum absolute atomic E-state index is 0.0425. The van der Waals surface area contributed by atoms with E-state index < -0.39 is 27.5 Å². The van der Waals surface area contributed by atoms with Gasteiger partial charge in [-0.25, -0.2) is 0 Å². The summed E-state index contributed by atoms with van der Waals surface area (Å²) in [7, 11) is 0. The number of amides is 2. The summed E-state index contributed by atoms with van der Waals surface area (Å²) in [5.74, 6) is -1.52. The second-order valence-corrected chi connectivity index (χ2v) is 6.56. The first kappa shape index (κ1) is 18.3. The Morgan fingerprint density at radius 1 is 1.19 bits per heavy atom. The molecule has 1 N–H and O–H groups in total. The van der Waals surface area contributed by atoms with Crippen LogP contribution < -0.4 is 0 Å². The molecule has 0 radical (unpaired) electrons. The summed E-state index contributed by atoms with van der Waals surface area (Å²) >= 11 is 0.646. The topological polar surface area (TPSA) is 118 Å². The fraction of sp³-hybridized carbons (Fsp3) is 0.0556. The van der Waals surface area contributed by atoms with Crippen LogP contribution in [-0.2, 0) is 4.79 Å². The maximum absolute atomic E-state index is 12.5. The Kier molecular flexibility index (Phi) is 5.04. The van der Waals surface area contributed by atoms with E-state index in [1.165, 1.54) is 12.1 Å². The number of hydrogen-bond donors (Lipinski definition) is 1. The summed E-state index contributed by atoms with van der Waals surface area (Å²) in [6.07, 6.45) is 1.31. The van der Waals surface area contributed by atoms with Gasteiger partial charge in [-0.2, -0.15) is 0 Å². The zero-order valence-electron chi connectivity index (χ0n) is 13.7. The number of rotatable bonds is 5. The van der Waals surface area contributed by atoms with Gasteiger partial charge in [-0.3, -0.25) is 29.4 Å². The molecule has 1 heterocycles. The quantitative estimate of drug-likeness (QED) is 0.364. The summed E-state index contributed by atoms with van der Waals surface area (Å²) in [4.78, 5) is 47.8. The second-order valence-electron chi connectivity index (χ2n) is 5.56. The Balaban J connectivity index is 1.82. The molecular weight excluding hydrogens is 372 g/mol. The molecule has 9 heteroatoms. The van der Waals surface area contributed by atoms with Gasteiger partial charge >= 0.3 is 5.69 Å². The van der Waals surface area contributed by atoms with Gasteiger partial charge in [0.05, 0.1) is 16.4 Å². The lowest BCUT2D eigenvalue weighted by Crippen LogP contribution is -2.33. The largest absolute Gasteiger partial charge is 0.502 e. The van der Waals surface area contributed by atoms with Gasteiger partial charge in [0, 0.05) is 11.6 Å². The van der Waals surface area contributed by atoms with Gasteiger partial charge in [0.1, 0.15) is 0 Å². The van der Waals surface area contributed by atoms with Crippen LogP contribution in [0, 0.1) is 10.1 Å². The number of nitro benzene ring substituents is 1. The van der Waals surface area contributed by atoms with Crippen molar-refractivity contribution in [1.29, 1.82) is 0 Å². The van der Waals surface area contributed by atoms with Gasteiger partial charge in [0.15, 0.2) is 11.5 Å². The molecule has 2 aromatic carbocycles. The van der Waals surface area contributed by atoms with Crippen molar-refractivity contribution >= 4 is 40.5 Å². The predicted octanol–water partition coefficient (Wildman–Crippen LogP) is 3.22. The number of carbonyl (C=O) groups is 3. The number of benzene rings is 2. The molecular formula is C18H12N2O6S. The highest BCUT2D eigenvalue weighted by Gasteiger charge is 2.36. The van der Waals surface area contributed by atoms with Crippen molar-refractivity contribution < 1.29 is 24.4 Å². The standard InChI is InChI=1S/C18H12N2O6S/c21-14-7-6-11(8-13(14)20(25)26)9-16-17(23)19(18(24)27-16)10-15(22)12-4-2-1-3-5-12/h1-9,21H,10H2/b16-9+. The minimum atomic E-state index is -0.753. The van der Waals surface area contributed by atoms with E-state index in [4.69, 9.17) is 0 Å². The van der Waals surface area contributed by atoms with Gasteiger partial charge in [0.2, 0.25) is 0 Å². The van der Waals surface area contributed by atoms with Gasteiger partial charge in [-0.15, -0.1) is 0 Å². The first-order valence-corrected chi connectivity index (χ1v) is 8.49. The number of thioether (sulfide) groups is 1. The Labute approximate surface area is 157 Å². The zero-order chi connectivity index (χ0) is 19.6. The van der Waals surface area contributed by atoms with Crippen molar-refractivity contribution in [3.05, 3.63) is 74.7 Å². The molecule has 8 nitrogen and oxygen atoms in total. The van der Waals surface area contributed by atoms with Gasteiger partial charge in [-0.05, 0) is 29.5 Å². The maximum atomic E-state index is 12.5. The van der Waals surface area contributed by atoms with Crippen molar-refractivity contribution in [3.63, 3.8) is 0 Å². The molecule has 136 valence electrons. The average Bonchev–Trinajstić information content (AvgIpc) is 2.91. The minimum Gasteiger partial charge on any atom is -0.502 e. The summed E-state index contributed by atoms with van der Waals surface area (Å²) in [5, 5.41) is 19.8. The first-order valence-electron chi connectivity index (χ1n) is 7.68. The van der Waals surface area contributed by atoms with E-state index in [-0.39, 0.29) is 22.8 Å². The molecule has 1 aliphatic heterocycles. The third kappa shape index (κ3) is 3.87. The fourth-order valence-electron chi connectivity index (χ4n) is 2.42. The van der Waals surface area contributed by atoms with E-state index in [9.17, 15) is 29.6 Å². The van der Waals surface area contributed by atoms with Gasteiger partial charge < -0.3 is 5.11 Å². The molecule has 0 atom stereocenters. The first-order chi connectivity index (χ1) is 12.9. The number of aromatic hydroxyl groups is 1. The van der Waals surface area contributed by atoms with E-state index in [2.05, 4.69) is 0 Å². The molecule has 0 unspecified atom stereocenters. The Morgan fingerprint density at radius 3 is 2.56 bits per heavy atom. The maximum Gasteiger partial charge on any atom is 0.311 e. The highest BCUT2D eigenvalue weighted by molar-refractivity contribution is 8.18. The molecule has 2 aromatic rings. The fourth-order valence-corrected chi connectivity index (χ4v) is 3.26. The number of imide groups is 1. The van der Waals surface area contributed by atoms with Crippen LogP contribution in [0.15, 0.2) is 53.4 Å². The van der Waals surface area contributed by atoms with Crippen LogP contribution in [0.3, 0.4) is 0 Å². The summed E-state index contributed by atoms with van der Waals surface area (Å²) in [6.45, 7) is -0.387. The van der Waals surface area contributed by atoms with Crippen LogP contribution in [-0.4, -0.2) is 38.4 Å². The van der Waals surface area contributed by atoms with Gasteiger partial charge in [0.25, 0.3) is 11.1 Å². The Bertz CT molecular complexity index is 987. The SMILES string of the molecule is O=C(CN1C(=O)S/C(=C/c2ccc(O)c([N+](=O)[O-])c2)C1=O)c1ccccc1. The van der Waals surface area contributed by atoms with Gasteiger partial charge in [-0.1, -0.05) is 36.4 Å². The Morgan fingerprint density at radius 2 is 1.89 bits per heavy atom. The van der Waals surface area contributed by atoms with Crippen LogP contribution in [0.2, 0.25) is 0 Å². The van der Waals surface area contributed by atoms with Crippen LogP contribution >= 0.6 is 11.8 Å². The Hall–Kier alpha value is -3.46. The molecule has 1 fully saturated rings. The van der Waals surface area contributed by atoms with Crippen molar-refractivity contribution in [2.45, 2.75) is 0 Å². The third-order valence-electron chi connectivity index (χ3n) is 3.77. The molecule has 1 saturated heterocycles. The van der Waals surface area contributed by atoms with E-state index in [0.29, 0.717) is 17.3 Å². The van der Waals surface area contributed by atoms with Crippen molar-refractivity contribution in [2.24, 2.45) is 0 Å². The number of hydrogen-bond acceptors (Lipinski definition) is 7. The summed E-state index contributed by atoms with van der Waals surface area (Å²) in [6, 6.07) is 11.9. The molecule has 0 spiro atoms. The van der Waals surface area contributed by atoms with E-state index >= 15 is 0 Å². The molecule has 0 bridgehead atoms. The van der Waals surface area contributed by atoms with E-state index in [1.807, 2.05) is 0 Å². The lowest BCUT2D eigenvalue weighted by atomic mass is 10.1. The monoisotopic (exact) mass is 384 g/mol. The smallest absolute Gasteiger partial charge is 0.311 e. The number of nitro groups is 1. The summed E-state index contributed by atoms with van der Waals surface area (Å²) < 4.78 is 0. The number of phenols is 1. The predicted molar refractivity (Wildman–Crippen MR) is 98.2 cm³/mol. The van der Waals surface area contributed by atoms with Crippen LogP contribution in [0.4, 0.5) is 10.5 Å². The number of phenolic OH excluding ortho intramolecular Hbond substituents is 1. The zero-order valence-corrected chi connectivity index (χ0v) is 14.5. The molecule has 2 amide bonds. The van der Waals surface area contributed by atoms with Crippen molar-refractivity contribution in [3.8, 4) is 5.75 Å². The lowest BCUT2D eigenvalue weighted by molar-refractivity contribution is -0.385. The number of carbonyl (C=O) groups excluding carboxylic acids is 3. The van der Waals surface area contributed by atoms with Crippen molar-refractivity contribution in [2.75, 3.05) is 6.54 Å². The number of ketones is 1. The van der Waals surface area contributed by atoms with E-state index in [0.717, 1.165) is 17.0 Å². The molecule has 0 aliphatic carbocycles. The normalized spacial score (nSPS) is 15.4. The van der Waals surface area contributed by atoms with Crippen LogP contribution in [0.25, 0.3) is 6.08 Å². The lowest BCUT2D eigenvalue weighted by Gasteiger charge is -2.11. The second kappa shape index (κ2) is 7.42. The highest BCUT2D eigenvalue weighted by Crippen LogP contribution is 2.34. The van der Waals surface area contributed by atoms with Crippen LogP contribution in [0.5, 0.6) is 5.75 Å². The molecule has 3 rings (SSSR count). The van der Waals surface area contributed by atoms with Crippen molar-refractivity contribution in [1.82, 2.24) is 4.90 Å². The summed E-state index contributed by atoms with van der Waals surface area (Å²) in [5.41, 5.74) is 0.149. The number of Topliss-reactive ketones (excluding diaryl/α,β-unsaturated/α-hetero) is 1. The highest BCUT2D eigenvalue weighted by atomic mass is 32.2. The molecule has 0 saturated carbocycles.